The summed E-state index contributed by atoms with van der Waals surface area (Å²) in [5, 5.41) is 0. The molecule has 0 aromatic carbocycles. The molecule has 16 heavy (non-hydrogen) atoms. The zero-order chi connectivity index (χ0) is 12.6. The minimum atomic E-state index is 0.521. The van der Waals surface area contributed by atoms with Crippen molar-refractivity contribution in [3.05, 3.63) is 0 Å². The molecule has 0 saturated carbocycles. The summed E-state index contributed by atoms with van der Waals surface area (Å²) in [6, 6.07) is 0.708. The third-order valence-corrected chi connectivity index (χ3v) is 3.26. The van der Waals surface area contributed by atoms with Gasteiger partial charge in [-0.05, 0) is 45.2 Å². The van der Waals surface area contributed by atoms with E-state index in [0.717, 1.165) is 0 Å². The number of rotatable bonds is 8. The number of hydrogen-bond acceptors (Lipinski definition) is 1. The maximum atomic E-state index is 2.56. The van der Waals surface area contributed by atoms with Gasteiger partial charge in [0.25, 0.3) is 0 Å². The smallest absolute Gasteiger partial charge is 0.00384 e. The molecule has 0 aromatic heterocycles. The fourth-order valence-corrected chi connectivity index (χ4v) is 2.11. The van der Waals surface area contributed by atoms with Crippen molar-refractivity contribution in [2.24, 2.45) is 5.41 Å². The first kappa shape index (κ1) is 16.0. The van der Waals surface area contributed by atoms with Gasteiger partial charge < -0.3 is 4.90 Å². The van der Waals surface area contributed by atoms with Crippen molar-refractivity contribution in [2.75, 3.05) is 13.1 Å². The normalized spacial score (nSPS) is 12.8. The first-order valence-electron chi connectivity index (χ1n) is 7.11. The van der Waals surface area contributed by atoms with Gasteiger partial charge in [-0.15, -0.1) is 0 Å². The largest absolute Gasteiger partial charge is 0.301 e. The van der Waals surface area contributed by atoms with Gasteiger partial charge in [0.2, 0.25) is 0 Å². The Morgan fingerprint density at radius 2 is 1.50 bits per heavy atom. The molecule has 0 unspecified atom stereocenters. The van der Waals surface area contributed by atoms with E-state index in [2.05, 4.69) is 46.4 Å². The van der Waals surface area contributed by atoms with Crippen LogP contribution in [0.15, 0.2) is 0 Å². The van der Waals surface area contributed by atoms with Crippen LogP contribution in [-0.2, 0) is 0 Å². The summed E-state index contributed by atoms with van der Waals surface area (Å²) in [6.07, 6.45) is 6.95. The molecular weight excluding hydrogens is 194 g/mol. The fourth-order valence-electron chi connectivity index (χ4n) is 2.11. The third-order valence-electron chi connectivity index (χ3n) is 3.26. The molecular formula is C15H33N. The summed E-state index contributed by atoms with van der Waals surface area (Å²) in [5.41, 5.74) is 0.521. The van der Waals surface area contributed by atoms with Gasteiger partial charge in [-0.2, -0.15) is 0 Å². The van der Waals surface area contributed by atoms with E-state index in [0.29, 0.717) is 11.5 Å². The summed E-state index contributed by atoms with van der Waals surface area (Å²) < 4.78 is 0. The van der Waals surface area contributed by atoms with Crippen molar-refractivity contribution in [1.29, 1.82) is 0 Å². The van der Waals surface area contributed by atoms with E-state index in [1.807, 2.05) is 0 Å². The van der Waals surface area contributed by atoms with E-state index in [1.165, 1.54) is 45.2 Å². The monoisotopic (exact) mass is 227 g/mol. The Morgan fingerprint density at radius 3 is 1.94 bits per heavy atom. The van der Waals surface area contributed by atoms with E-state index >= 15 is 0 Å². The summed E-state index contributed by atoms with van der Waals surface area (Å²) in [5.74, 6) is 0. The van der Waals surface area contributed by atoms with Crippen LogP contribution in [-0.4, -0.2) is 24.0 Å². The second-order valence-corrected chi connectivity index (χ2v) is 6.45. The molecule has 98 valence electrons. The molecule has 1 nitrogen and oxygen atoms in total. The Bertz CT molecular complexity index is 155. The fraction of sp³-hybridized carbons (Fsp3) is 1.00. The standard InChI is InChI=1S/C15H33N/c1-7-16(14(2)3)13-11-9-8-10-12-15(4,5)6/h14H,7-13H2,1-6H3. The lowest BCUT2D eigenvalue weighted by Gasteiger charge is -2.24. The van der Waals surface area contributed by atoms with E-state index in [1.54, 1.807) is 0 Å². The maximum Gasteiger partial charge on any atom is 0.00384 e. The highest BCUT2D eigenvalue weighted by atomic mass is 15.1. The average Bonchev–Trinajstić information content (AvgIpc) is 2.14. The van der Waals surface area contributed by atoms with E-state index in [-0.39, 0.29) is 0 Å². The molecule has 0 aliphatic rings. The Balaban J connectivity index is 3.39. The molecule has 0 spiro atoms. The summed E-state index contributed by atoms with van der Waals surface area (Å²) in [4.78, 5) is 2.56. The molecule has 0 radical (unpaired) electrons. The Labute approximate surface area is 104 Å². The van der Waals surface area contributed by atoms with E-state index in [4.69, 9.17) is 0 Å². The number of nitrogens with zero attached hydrogens (tertiary/aromatic N) is 1. The molecule has 0 N–H and O–H groups in total. The van der Waals surface area contributed by atoms with Crippen LogP contribution in [0.5, 0.6) is 0 Å². The zero-order valence-corrected chi connectivity index (χ0v) is 12.5. The lowest BCUT2D eigenvalue weighted by atomic mass is 9.89. The molecule has 0 aliphatic heterocycles. The highest BCUT2D eigenvalue weighted by molar-refractivity contribution is 4.63. The van der Waals surface area contributed by atoms with Crippen molar-refractivity contribution >= 4 is 0 Å². The first-order valence-corrected chi connectivity index (χ1v) is 7.11. The summed E-state index contributed by atoms with van der Waals surface area (Å²) >= 11 is 0. The van der Waals surface area contributed by atoms with Crippen molar-refractivity contribution in [3.8, 4) is 0 Å². The van der Waals surface area contributed by atoms with Crippen molar-refractivity contribution in [1.82, 2.24) is 4.90 Å². The molecule has 0 atom stereocenters. The summed E-state index contributed by atoms with van der Waals surface area (Å²) in [6.45, 7) is 16.3. The first-order chi connectivity index (χ1) is 7.37. The average molecular weight is 227 g/mol. The Kier molecular flexibility index (Phi) is 8.09. The second-order valence-electron chi connectivity index (χ2n) is 6.45. The van der Waals surface area contributed by atoms with Gasteiger partial charge in [0.15, 0.2) is 0 Å². The van der Waals surface area contributed by atoms with Crippen LogP contribution >= 0.6 is 0 Å². The van der Waals surface area contributed by atoms with Gasteiger partial charge >= 0.3 is 0 Å². The van der Waals surface area contributed by atoms with Crippen LogP contribution < -0.4 is 0 Å². The van der Waals surface area contributed by atoms with E-state index < -0.39 is 0 Å². The zero-order valence-electron chi connectivity index (χ0n) is 12.5. The van der Waals surface area contributed by atoms with Crippen molar-refractivity contribution in [2.45, 2.75) is 79.7 Å². The predicted molar refractivity (Wildman–Crippen MR) is 74.9 cm³/mol. The predicted octanol–water partition coefficient (Wildman–Crippen LogP) is 4.71. The molecule has 0 amide bonds. The quantitative estimate of drug-likeness (QED) is 0.543. The molecule has 0 aromatic rings. The van der Waals surface area contributed by atoms with Gasteiger partial charge in [0, 0.05) is 6.04 Å². The minimum Gasteiger partial charge on any atom is -0.301 e. The van der Waals surface area contributed by atoms with Crippen LogP contribution in [0, 0.1) is 5.41 Å². The van der Waals surface area contributed by atoms with Gasteiger partial charge in [-0.3, -0.25) is 0 Å². The van der Waals surface area contributed by atoms with E-state index in [9.17, 15) is 0 Å². The Morgan fingerprint density at radius 1 is 0.938 bits per heavy atom. The Hall–Kier alpha value is -0.0400. The molecule has 0 aliphatic carbocycles. The van der Waals surface area contributed by atoms with Crippen LogP contribution in [0.4, 0.5) is 0 Å². The van der Waals surface area contributed by atoms with Crippen LogP contribution in [0.3, 0.4) is 0 Å². The molecule has 0 heterocycles. The highest BCUT2D eigenvalue weighted by Gasteiger charge is 2.09. The third kappa shape index (κ3) is 9.21. The van der Waals surface area contributed by atoms with Crippen LogP contribution in [0.25, 0.3) is 0 Å². The molecule has 0 rings (SSSR count). The maximum absolute atomic E-state index is 2.56. The van der Waals surface area contributed by atoms with Crippen LogP contribution in [0.2, 0.25) is 0 Å². The molecule has 0 fully saturated rings. The van der Waals surface area contributed by atoms with Gasteiger partial charge in [0.1, 0.15) is 0 Å². The van der Waals surface area contributed by atoms with Crippen LogP contribution in [0.1, 0.15) is 73.6 Å². The summed E-state index contributed by atoms with van der Waals surface area (Å²) in [7, 11) is 0. The molecule has 0 bridgehead atoms. The number of unbranched alkanes of at least 4 members (excludes halogenated alkanes) is 3. The van der Waals surface area contributed by atoms with Gasteiger partial charge in [0.05, 0.1) is 0 Å². The van der Waals surface area contributed by atoms with Gasteiger partial charge in [-0.25, -0.2) is 0 Å². The van der Waals surface area contributed by atoms with Crippen molar-refractivity contribution < 1.29 is 0 Å². The second kappa shape index (κ2) is 8.11. The minimum absolute atomic E-state index is 0.521. The lowest BCUT2D eigenvalue weighted by molar-refractivity contribution is 0.227. The molecule has 1 heteroatoms. The SMILES string of the molecule is CCN(CCCCCCC(C)(C)C)C(C)C. The van der Waals surface area contributed by atoms with Crippen molar-refractivity contribution in [3.63, 3.8) is 0 Å². The number of hydrogen-bond donors (Lipinski definition) is 0. The topological polar surface area (TPSA) is 3.24 Å². The molecule has 0 saturated heterocycles. The highest BCUT2D eigenvalue weighted by Crippen LogP contribution is 2.22. The lowest BCUT2D eigenvalue weighted by Crippen LogP contribution is -2.31. The van der Waals surface area contributed by atoms with Gasteiger partial charge in [-0.1, -0.05) is 47.0 Å².